The summed E-state index contributed by atoms with van der Waals surface area (Å²) in [4.78, 5) is 10.9. The second-order valence-electron chi connectivity index (χ2n) is 3.39. The van der Waals surface area contributed by atoms with E-state index in [1.807, 2.05) is 0 Å². The van der Waals surface area contributed by atoms with Crippen molar-refractivity contribution >= 4 is 5.97 Å². The second kappa shape index (κ2) is 5.34. The highest BCUT2D eigenvalue weighted by Gasteiger charge is 2.50. The van der Waals surface area contributed by atoms with Crippen LogP contribution in [0.3, 0.4) is 0 Å². The molecular weight excluding hydrogens is 256 g/mol. The summed E-state index contributed by atoms with van der Waals surface area (Å²) in [6, 6.07) is 2.41. The Hall–Kier alpha value is -1.63. The Bertz CT molecular complexity index is 448. The van der Waals surface area contributed by atoms with Gasteiger partial charge in [-0.2, -0.15) is 8.78 Å². The van der Waals surface area contributed by atoms with Gasteiger partial charge in [0.25, 0.3) is 0 Å². The number of esters is 1. The summed E-state index contributed by atoms with van der Waals surface area (Å²) < 4.78 is 56.9. The van der Waals surface area contributed by atoms with Crippen LogP contribution in [0.2, 0.25) is 0 Å². The minimum absolute atomic E-state index is 0.327. The van der Waals surface area contributed by atoms with Crippen LogP contribution in [-0.4, -0.2) is 23.6 Å². The molecule has 18 heavy (non-hydrogen) atoms. The Morgan fingerprint density at radius 2 is 2.06 bits per heavy atom. The molecule has 0 saturated carbocycles. The van der Waals surface area contributed by atoms with Crippen molar-refractivity contribution in [3.8, 4) is 0 Å². The summed E-state index contributed by atoms with van der Waals surface area (Å²) in [5.41, 5.74) is -1.01. The third-order valence-corrected chi connectivity index (χ3v) is 2.17. The fourth-order valence-electron chi connectivity index (χ4n) is 1.27. The number of aliphatic hydroxyl groups excluding tert-OH is 1. The lowest BCUT2D eigenvalue weighted by atomic mass is 10.0. The molecule has 0 fully saturated rings. The van der Waals surface area contributed by atoms with Crippen molar-refractivity contribution in [2.45, 2.75) is 19.0 Å². The predicted molar refractivity (Wildman–Crippen MR) is 52.9 cm³/mol. The molecule has 7 heteroatoms. The van der Waals surface area contributed by atoms with Crippen LogP contribution in [-0.2, 0) is 9.53 Å². The van der Waals surface area contributed by atoms with Crippen molar-refractivity contribution in [3.05, 3.63) is 35.4 Å². The van der Waals surface area contributed by atoms with Crippen LogP contribution in [0.4, 0.5) is 17.6 Å². The van der Waals surface area contributed by atoms with E-state index in [0.29, 0.717) is 6.07 Å². The Morgan fingerprint density at radius 3 is 2.61 bits per heavy atom. The van der Waals surface area contributed by atoms with Gasteiger partial charge >= 0.3 is 11.9 Å². The molecule has 1 aromatic carbocycles. The van der Waals surface area contributed by atoms with Crippen molar-refractivity contribution in [2.75, 3.05) is 6.61 Å². The number of halogens is 4. The third kappa shape index (κ3) is 2.61. The minimum atomic E-state index is -4.36. The Labute approximate surface area is 100.0 Å². The molecule has 100 valence electrons. The Kier molecular flexibility index (Phi) is 4.28. The molecule has 1 N–H and O–H groups in total. The molecule has 1 aromatic rings. The van der Waals surface area contributed by atoms with Crippen LogP contribution < -0.4 is 0 Å². The monoisotopic (exact) mass is 266 g/mol. The van der Waals surface area contributed by atoms with Gasteiger partial charge in [0.2, 0.25) is 0 Å². The maximum Gasteiger partial charge on any atom is 0.380 e. The van der Waals surface area contributed by atoms with Gasteiger partial charge in [0.15, 0.2) is 17.7 Å². The van der Waals surface area contributed by atoms with Gasteiger partial charge in [0.1, 0.15) is 0 Å². The molecule has 3 nitrogen and oxygen atoms in total. The molecule has 0 saturated heterocycles. The summed E-state index contributed by atoms with van der Waals surface area (Å²) in [6.45, 7) is 0.968. The highest BCUT2D eigenvalue weighted by atomic mass is 19.3. The number of alkyl halides is 2. The zero-order valence-electron chi connectivity index (χ0n) is 9.29. The molecule has 1 unspecified atom stereocenters. The van der Waals surface area contributed by atoms with Crippen LogP contribution in [0.1, 0.15) is 18.6 Å². The largest absolute Gasteiger partial charge is 0.461 e. The average Bonchev–Trinajstić information content (AvgIpc) is 2.32. The fourth-order valence-corrected chi connectivity index (χ4v) is 1.27. The molecule has 1 rings (SSSR count). The smallest absolute Gasteiger partial charge is 0.380 e. The maximum absolute atomic E-state index is 13.4. The van der Waals surface area contributed by atoms with E-state index >= 15 is 0 Å². The first kappa shape index (κ1) is 14.4. The van der Waals surface area contributed by atoms with Gasteiger partial charge in [-0.15, -0.1) is 0 Å². The van der Waals surface area contributed by atoms with Crippen molar-refractivity contribution in [2.24, 2.45) is 0 Å². The zero-order chi connectivity index (χ0) is 13.9. The van der Waals surface area contributed by atoms with E-state index in [9.17, 15) is 27.5 Å². The molecular formula is C11H10F4O3. The number of benzene rings is 1. The predicted octanol–water partition coefficient (Wildman–Crippen LogP) is 2.20. The normalized spacial score (nSPS) is 13.2. The highest BCUT2D eigenvalue weighted by Crippen LogP contribution is 2.34. The molecule has 0 spiro atoms. The lowest BCUT2D eigenvalue weighted by Gasteiger charge is -2.21. The number of carbonyl (C=O) groups excluding carboxylic acids is 1. The van der Waals surface area contributed by atoms with E-state index in [1.54, 1.807) is 0 Å². The molecule has 1 atom stereocenters. The molecule has 0 aliphatic rings. The van der Waals surface area contributed by atoms with Gasteiger partial charge in [-0.25, -0.2) is 13.6 Å². The number of ether oxygens (including phenoxy) is 1. The summed E-state index contributed by atoms with van der Waals surface area (Å²) >= 11 is 0. The highest BCUT2D eigenvalue weighted by molar-refractivity contribution is 5.78. The summed E-state index contributed by atoms with van der Waals surface area (Å²) in [5.74, 6) is -9.38. The minimum Gasteiger partial charge on any atom is -0.461 e. The van der Waals surface area contributed by atoms with Crippen molar-refractivity contribution < 1.29 is 32.2 Å². The summed E-state index contributed by atoms with van der Waals surface area (Å²) in [7, 11) is 0. The Morgan fingerprint density at radius 1 is 1.44 bits per heavy atom. The van der Waals surface area contributed by atoms with Crippen LogP contribution in [0.25, 0.3) is 0 Å². The molecule has 0 radical (unpaired) electrons. The van der Waals surface area contributed by atoms with Crippen molar-refractivity contribution in [1.29, 1.82) is 0 Å². The quantitative estimate of drug-likeness (QED) is 0.671. The summed E-state index contributed by atoms with van der Waals surface area (Å²) in [5, 5.41) is 9.29. The zero-order valence-corrected chi connectivity index (χ0v) is 9.29. The fraction of sp³-hybridized carbons (Fsp3) is 0.364. The third-order valence-electron chi connectivity index (χ3n) is 2.17. The first-order valence-electron chi connectivity index (χ1n) is 4.99. The van der Waals surface area contributed by atoms with Crippen LogP contribution in [0, 0.1) is 11.6 Å². The van der Waals surface area contributed by atoms with Gasteiger partial charge in [-0.1, -0.05) is 12.1 Å². The lowest BCUT2D eigenvalue weighted by molar-refractivity contribution is -0.189. The lowest BCUT2D eigenvalue weighted by Crippen LogP contribution is -2.37. The van der Waals surface area contributed by atoms with Crippen LogP contribution in [0.15, 0.2) is 18.2 Å². The van der Waals surface area contributed by atoms with Crippen LogP contribution >= 0.6 is 0 Å². The molecule has 0 bridgehead atoms. The molecule has 0 heterocycles. The van der Waals surface area contributed by atoms with E-state index in [4.69, 9.17) is 0 Å². The van der Waals surface area contributed by atoms with Crippen molar-refractivity contribution in [3.63, 3.8) is 0 Å². The Balaban J connectivity index is 3.09. The second-order valence-corrected chi connectivity index (χ2v) is 3.39. The first-order chi connectivity index (χ1) is 8.32. The van der Waals surface area contributed by atoms with E-state index in [2.05, 4.69) is 4.74 Å². The average molecular weight is 266 g/mol. The molecule has 0 aliphatic carbocycles. The molecule has 0 aromatic heterocycles. The number of hydrogen-bond acceptors (Lipinski definition) is 3. The van der Waals surface area contributed by atoms with Gasteiger partial charge in [0, 0.05) is 5.56 Å². The first-order valence-corrected chi connectivity index (χ1v) is 4.99. The van der Waals surface area contributed by atoms with E-state index in [-0.39, 0.29) is 6.61 Å². The number of aliphatic hydroxyl groups is 1. The molecule has 0 aliphatic heterocycles. The topological polar surface area (TPSA) is 46.5 Å². The maximum atomic E-state index is 13.4. The number of carbonyl (C=O) groups is 1. The van der Waals surface area contributed by atoms with Gasteiger partial charge in [-0.3, -0.25) is 0 Å². The van der Waals surface area contributed by atoms with Gasteiger partial charge in [0.05, 0.1) is 6.61 Å². The van der Waals surface area contributed by atoms with Gasteiger partial charge < -0.3 is 9.84 Å². The van der Waals surface area contributed by atoms with E-state index < -0.39 is 35.2 Å². The van der Waals surface area contributed by atoms with E-state index in [0.717, 1.165) is 12.1 Å². The van der Waals surface area contributed by atoms with Crippen LogP contribution in [0.5, 0.6) is 0 Å². The molecule has 0 amide bonds. The summed E-state index contributed by atoms with van der Waals surface area (Å²) in [6.07, 6.45) is -2.81. The number of rotatable bonds is 4. The van der Waals surface area contributed by atoms with E-state index in [1.165, 1.54) is 6.92 Å². The SMILES string of the molecule is CCOC(=O)C(F)(F)C(O)c1cccc(F)c1F. The number of hydrogen-bond donors (Lipinski definition) is 1. The van der Waals surface area contributed by atoms with Crippen molar-refractivity contribution in [1.82, 2.24) is 0 Å². The standard InChI is InChI=1S/C11H10F4O3/c1-2-18-10(17)11(14,15)9(16)6-4-3-5-7(12)8(6)13/h3-5,9,16H,2H2,1H3. The van der Waals surface area contributed by atoms with Gasteiger partial charge in [-0.05, 0) is 13.0 Å².